The van der Waals surface area contributed by atoms with Gasteiger partial charge >= 0.3 is 0 Å². The predicted molar refractivity (Wildman–Crippen MR) is 124 cm³/mol. The smallest absolute Gasteiger partial charge is 0.280 e. The standard InChI is InChI=1S/C26H29F2N3O4/c27-26(28)21-5-1-4-20(29-21)23(32)11-19-13-31-14-22(18-6-9-33-10-7-18)30-25(31)12-24(19)35-16-17-3-2-8-34-15-17/h1,4-5,12-14,17-18,26H,2-3,6-11,15-16H2. The van der Waals surface area contributed by atoms with Crippen LogP contribution in [0.25, 0.3) is 5.65 Å². The van der Waals surface area contributed by atoms with E-state index in [2.05, 4.69) is 4.98 Å². The van der Waals surface area contributed by atoms with Crippen LogP contribution in [0.4, 0.5) is 8.78 Å². The fourth-order valence-corrected chi connectivity index (χ4v) is 4.67. The number of hydrogen-bond acceptors (Lipinski definition) is 6. The van der Waals surface area contributed by atoms with Crippen molar-refractivity contribution in [3.05, 3.63) is 59.3 Å². The zero-order valence-electron chi connectivity index (χ0n) is 19.5. The summed E-state index contributed by atoms with van der Waals surface area (Å²) in [7, 11) is 0. The summed E-state index contributed by atoms with van der Waals surface area (Å²) in [4.78, 5) is 21.7. The minimum atomic E-state index is -2.73. The molecule has 35 heavy (non-hydrogen) atoms. The van der Waals surface area contributed by atoms with Crippen LogP contribution in [0.3, 0.4) is 0 Å². The monoisotopic (exact) mass is 485 g/mol. The fourth-order valence-electron chi connectivity index (χ4n) is 4.67. The molecule has 0 radical (unpaired) electrons. The van der Waals surface area contributed by atoms with Gasteiger partial charge in [-0.2, -0.15) is 0 Å². The van der Waals surface area contributed by atoms with Gasteiger partial charge in [0.1, 0.15) is 22.8 Å². The van der Waals surface area contributed by atoms with Gasteiger partial charge in [0.15, 0.2) is 5.78 Å². The Kier molecular flexibility index (Phi) is 7.34. The number of rotatable bonds is 8. The number of carbonyl (C=O) groups is 1. The summed E-state index contributed by atoms with van der Waals surface area (Å²) in [5.74, 6) is 0.845. The molecule has 3 aromatic heterocycles. The van der Waals surface area contributed by atoms with E-state index >= 15 is 0 Å². The van der Waals surface area contributed by atoms with Gasteiger partial charge in [0.05, 0.1) is 18.9 Å². The highest BCUT2D eigenvalue weighted by Crippen LogP contribution is 2.30. The average Bonchev–Trinajstić information content (AvgIpc) is 3.31. The summed E-state index contributed by atoms with van der Waals surface area (Å²) in [6.07, 6.45) is 4.97. The van der Waals surface area contributed by atoms with E-state index in [1.807, 2.05) is 22.9 Å². The largest absolute Gasteiger partial charge is 0.493 e. The minimum Gasteiger partial charge on any atom is -0.493 e. The van der Waals surface area contributed by atoms with E-state index in [9.17, 15) is 13.6 Å². The van der Waals surface area contributed by atoms with Gasteiger partial charge in [-0.05, 0) is 37.8 Å². The molecule has 2 saturated heterocycles. The molecule has 3 aromatic rings. The Bertz CT molecular complexity index is 1170. The first kappa shape index (κ1) is 23.8. The topological polar surface area (TPSA) is 75.0 Å². The Morgan fingerprint density at radius 1 is 1.11 bits per heavy atom. The Hall–Kier alpha value is -2.91. The maximum absolute atomic E-state index is 13.1. The number of alkyl halides is 2. The SMILES string of the molecule is O=C(Cc1cn2cc(C3CCOCC3)nc2cc1OCC1CCCOC1)c1cccc(C(F)F)n1. The second kappa shape index (κ2) is 10.8. The summed E-state index contributed by atoms with van der Waals surface area (Å²) in [5, 5.41) is 0. The van der Waals surface area contributed by atoms with Gasteiger partial charge < -0.3 is 18.6 Å². The van der Waals surface area contributed by atoms with E-state index in [1.54, 1.807) is 0 Å². The Morgan fingerprint density at radius 3 is 2.74 bits per heavy atom. The van der Waals surface area contributed by atoms with Crippen molar-refractivity contribution in [3.63, 3.8) is 0 Å². The number of nitrogens with zero attached hydrogens (tertiary/aromatic N) is 3. The molecule has 1 unspecified atom stereocenters. The normalized spacial score (nSPS) is 19.3. The first-order valence-corrected chi connectivity index (χ1v) is 12.1. The number of pyridine rings is 2. The van der Waals surface area contributed by atoms with Crippen molar-refractivity contribution >= 4 is 11.4 Å². The molecule has 0 aromatic carbocycles. The number of halogens is 2. The summed E-state index contributed by atoms with van der Waals surface area (Å²) in [5.41, 5.74) is 2.02. The molecule has 0 bridgehead atoms. The van der Waals surface area contributed by atoms with Gasteiger partial charge in [0.25, 0.3) is 6.43 Å². The number of ether oxygens (including phenoxy) is 3. The number of aromatic nitrogens is 3. The lowest BCUT2D eigenvalue weighted by Crippen LogP contribution is -2.23. The maximum atomic E-state index is 13.1. The van der Waals surface area contributed by atoms with Crippen LogP contribution in [-0.2, 0) is 15.9 Å². The number of fused-ring (bicyclic) bond motifs is 1. The van der Waals surface area contributed by atoms with Crippen LogP contribution < -0.4 is 4.74 Å². The molecule has 1 atom stereocenters. The van der Waals surface area contributed by atoms with E-state index in [0.717, 1.165) is 56.8 Å². The third-order valence-corrected chi connectivity index (χ3v) is 6.65. The molecule has 2 aliphatic rings. The lowest BCUT2D eigenvalue weighted by Gasteiger charge is -2.22. The molecule has 0 aliphatic carbocycles. The van der Waals surface area contributed by atoms with Gasteiger partial charge in [0.2, 0.25) is 0 Å². The summed E-state index contributed by atoms with van der Waals surface area (Å²) < 4.78 is 45.3. The minimum absolute atomic E-state index is 0.0167. The molecule has 7 nitrogen and oxygen atoms in total. The van der Waals surface area contributed by atoms with Gasteiger partial charge in [0, 0.05) is 62.1 Å². The molecular weight excluding hydrogens is 456 g/mol. The highest BCUT2D eigenvalue weighted by atomic mass is 19.3. The summed E-state index contributed by atoms with van der Waals surface area (Å²) in [6, 6.07) is 5.98. The zero-order chi connectivity index (χ0) is 24.2. The van der Waals surface area contributed by atoms with Crippen molar-refractivity contribution in [1.82, 2.24) is 14.4 Å². The summed E-state index contributed by atoms with van der Waals surface area (Å²) in [6.45, 7) is 3.35. The van der Waals surface area contributed by atoms with Gasteiger partial charge in [-0.25, -0.2) is 18.7 Å². The Morgan fingerprint density at radius 2 is 1.97 bits per heavy atom. The Labute approximate surface area is 202 Å². The first-order valence-electron chi connectivity index (χ1n) is 12.1. The third kappa shape index (κ3) is 5.67. The van der Waals surface area contributed by atoms with Gasteiger partial charge in [-0.15, -0.1) is 0 Å². The molecule has 5 heterocycles. The molecule has 0 amide bonds. The van der Waals surface area contributed by atoms with Crippen molar-refractivity contribution in [2.24, 2.45) is 5.92 Å². The molecule has 0 spiro atoms. The van der Waals surface area contributed by atoms with Gasteiger partial charge in [-0.3, -0.25) is 4.79 Å². The molecule has 186 valence electrons. The predicted octanol–water partition coefficient (Wildman–Crippen LogP) is 4.79. The van der Waals surface area contributed by atoms with E-state index < -0.39 is 12.1 Å². The van der Waals surface area contributed by atoms with Crippen LogP contribution in [0, 0.1) is 5.92 Å². The van der Waals surface area contributed by atoms with Crippen LogP contribution in [0.5, 0.6) is 5.75 Å². The van der Waals surface area contributed by atoms with E-state index in [4.69, 9.17) is 19.2 Å². The first-order chi connectivity index (χ1) is 17.1. The average molecular weight is 486 g/mol. The van der Waals surface area contributed by atoms with Crippen LogP contribution in [-0.4, -0.2) is 53.2 Å². The molecule has 9 heteroatoms. The molecule has 0 N–H and O–H groups in total. The van der Waals surface area contributed by atoms with Crippen LogP contribution >= 0.6 is 0 Å². The number of hydrogen-bond donors (Lipinski definition) is 0. The van der Waals surface area contributed by atoms with E-state index in [-0.39, 0.29) is 23.8 Å². The van der Waals surface area contributed by atoms with Crippen LogP contribution in [0.1, 0.15) is 65.5 Å². The second-order valence-corrected chi connectivity index (χ2v) is 9.22. The second-order valence-electron chi connectivity index (χ2n) is 9.22. The van der Waals surface area contributed by atoms with Crippen molar-refractivity contribution in [3.8, 4) is 5.75 Å². The van der Waals surface area contributed by atoms with Crippen molar-refractivity contribution in [1.29, 1.82) is 0 Å². The molecule has 2 fully saturated rings. The molecule has 0 saturated carbocycles. The molecular formula is C26H29F2N3O4. The molecule has 5 rings (SSSR count). The third-order valence-electron chi connectivity index (χ3n) is 6.65. The fraction of sp³-hybridized carbons (Fsp3) is 0.500. The summed E-state index contributed by atoms with van der Waals surface area (Å²) >= 11 is 0. The number of Topliss-reactive ketones (excluding diaryl/α,β-unsaturated/α-hetero) is 1. The van der Waals surface area contributed by atoms with E-state index in [1.165, 1.54) is 18.2 Å². The molecule has 2 aliphatic heterocycles. The lowest BCUT2D eigenvalue weighted by molar-refractivity contribution is 0.0350. The van der Waals surface area contributed by atoms with Crippen LogP contribution in [0.15, 0.2) is 36.7 Å². The number of ketones is 1. The van der Waals surface area contributed by atoms with E-state index in [0.29, 0.717) is 30.4 Å². The van der Waals surface area contributed by atoms with Crippen molar-refractivity contribution < 1.29 is 27.8 Å². The van der Waals surface area contributed by atoms with Crippen molar-refractivity contribution in [2.45, 2.75) is 44.4 Å². The quantitative estimate of drug-likeness (QED) is 0.427. The number of imidazole rings is 1. The van der Waals surface area contributed by atoms with Crippen molar-refractivity contribution in [2.75, 3.05) is 33.0 Å². The maximum Gasteiger partial charge on any atom is 0.280 e. The lowest BCUT2D eigenvalue weighted by atomic mass is 9.97. The Balaban J connectivity index is 1.42. The number of carbonyl (C=O) groups excluding carboxylic acids is 1. The highest BCUT2D eigenvalue weighted by Gasteiger charge is 2.22. The highest BCUT2D eigenvalue weighted by molar-refractivity contribution is 5.96. The van der Waals surface area contributed by atoms with Gasteiger partial charge in [-0.1, -0.05) is 6.07 Å². The van der Waals surface area contributed by atoms with Crippen LogP contribution in [0.2, 0.25) is 0 Å². The zero-order valence-corrected chi connectivity index (χ0v) is 19.5.